The minimum atomic E-state index is -0.254. The van der Waals surface area contributed by atoms with Crippen LogP contribution in [0.5, 0.6) is 0 Å². The molecule has 0 radical (unpaired) electrons. The minimum Gasteiger partial charge on any atom is -0.349 e. The van der Waals surface area contributed by atoms with E-state index in [1.54, 1.807) is 38.1 Å². The number of hydrogen-bond acceptors (Lipinski definition) is 4. The van der Waals surface area contributed by atoms with E-state index in [-0.39, 0.29) is 36.3 Å². The quantitative estimate of drug-likeness (QED) is 0.736. The third-order valence-corrected chi connectivity index (χ3v) is 4.30. The lowest BCUT2D eigenvalue weighted by Gasteiger charge is -2.11. The highest BCUT2D eigenvalue weighted by Crippen LogP contribution is 2.21. The number of aromatic nitrogens is 2. The number of aromatic amines is 1. The highest BCUT2D eigenvalue weighted by atomic mass is 16.2. The van der Waals surface area contributed by atoms with Crippen molar-refractivity contribution in [1.82, 2.24) is 15.3 Å². The molecule has 1 aliphatic rings. The van der Waals surface area contributed by atoms with Gasteiger partial charge < -0.3 is 15.6 Å². The van der Waals surface area contributed by atoms with E-state index < -0.39 is 0 Å². The van der Waals surface area contributed by atoms with Gasteiger partial charge in [-0.3, -0.25) is 14.4 Å². The van der Waals surface area contributed by atoms with Gasteiger partial charge in [-0.2, -0.15) is 0 Å². The van der Waals surface area contributed by atoms with Crippen LogP contribution in [-0.4, -0.2) is 27.8 Å². The summed E-state index contributed by atoms with van der Waals surface area (Å²) in [5, 5.41) is 5.69. The summed E-state index contributed by atoms with van der Waals surface area (Å²) in [6, 6.07) is 7.16. The summed E-state index contributed by atoms with van der Waals surface area (Å²) >= 11 is 0. The summed E-state index contributed by atoms with van der Waals surface area (Å²) < 4.78 is 0. The molecule has 0 unspecified atom stereocenters. The zero-order valence-electron chi connectivity index (χ0n) is 14.9. The van der Waals surface area contributed by atoms with Gasteiger partial charge in [0.15, 0.2) is 0 Å². The first-order valence-electron chi connectivity index (χ1n) is 8.70. The van der Waals surface area contributed by atoms with Crippen molar-refractivity contribution in [1.29, 1.82) is 0 Å². The van der Waals surface area contributed by atoms with E-state index in [4.69, 9.17) is 0 Å². The van der Waals surface area contributed by atoms with E-state index in [1.165, 1.54) is 0 Å². The van der Waals surface area contributed by atoms with E-state index in [9.17, 15) is 14.4 Å². The molecule has 3 rings (SSSR count). The lowest BCUT2D eigenvalue weighted by molar-refractivity contribution is -0.116. The van der Waals surface area contributed by atoms with E-state index in [2.05, 4.69) is 20.6 Å². The molecular weight excluding hydrogens is 332 g/mol. The van der Waals surface area contributed by atoms with Crippen LogP contribution in [0.25, 0.3) is 0 Å². The van der Waals surface area contributed by atoms with E-state index in [0.717, 1.165) is 12.8 Å². The van der Waals surface area contributed by atoms with Gasteiger partial charge >= 0.3 is 0 Å². The molecule has 136 valence electrons. The molecule has 0 bridgehead atoms. The molecule has 0 spiro atoms. The molecule has 1 aromatic carbocycles. The number of carbonyl (C=O) groups is 2. The molecule has 3 N–H and O–H groups in total. The molecule has 0 saturated heterocycles. The number of aryl methyl sites for hydroxylation is 2. The van der Waals surface area contributed by atoms with Gasteiger partial charge in [0.1, 0.15) is 5.82 Å². The van der Waals surface area contributed by atoms with Crippen LogP contribution in [-0.2, 0) is 11.2 Å². The zero-order valence-corrected chi connectivity index (χ0v) is 14.9. The third-order valence-electron chi connectivity index (χ3n) is 4.30. The largest absolute Gasteiger partial charge is 0.349 e. The highest BCUT2D eigenvalue weighted by molar-refractivity contribution is 6.03. The average Bonchev–Trinajstić information content (AvgIpc) is 3.38. The Bertz CT molecular complexity index is 900. The molecule has 2 aromatic rings. The lowest BCUT2D eigenvalue weighted by atomic mass is 10.1. The van der Waals surface area contributed by atoms with Crippen LogP contribution in [0.15, 0.2) is 29.1 Å². The summed E-state index contributed by atoms with van der Waals surface area (Å²) in [6.45, 7) is 3.47. The number of H-pyrrole nitrogens is 1. The van der Waals surface area contributed by atoms with Gasteiger partial charge in [-0.25, -0.2) is 4.98 Å². The molecule has 1 saturated carbocycles. The van der Waals surface area contributed by atoms with Crippen LogP contribution in [0.1, 0.15) is 46.7 Å². The highest BCUT2D eigenvalue weighted by Gasteiger charge is 2.25. The Hall–Kier alpha value is -2.96. The predicted molar refractivity (Wildman–Crippen MR) is 98.2 cm³/mol. The van der Waals surface area contributed by atoms with Gasteiger partial charge in [0.05, 0.1) is 11.3 Å². The second kappa shape index (κ2) is 7.51. The van der Waals surface area contributed by atoms with Crippen LogP contribution >= 0.6 is 0 Å². The second-order valence-corrected chi connectivity index (χ2v) is 6.56. The maximum atomic E-state index is 12.3. The number of nitrogens with zero attached hydrogens (tertiary/aromatic N) is 1. The molecule has 1 fully saturated rings. The first kappa shape index (κ1) is 17.8. The molecule has 7 nitrogen and oxygen atoms in total. The minimum absolute atomic E-state index is 0.132. The molecule has 0 atom stereocenters. The van der Waals surface area contributed by atoms with Crippen molar-refractivity contribution in [2.45, 2.75) is 45.6 Å². The first-order chi connectivity index (χ1) is 12.4. The predicted octanol–water partition coefficient (Wildman–Crippen LogP) is 1.85. The third kappa shape index (κ3) is 4.36. The lowest BCUT2D eigenvalue weighted by Crippen LogP contribution is -2.27. The van der Waals surface area contributed by atoms with Crippen molar-refractivity contribution >= 4 is 17.5 Å². The smallest absolute Gasteiger partial charge is 0.254 e. The molecule has 26 heavy (non-hydrogen) atoms. The summed E-state index contributed by atoms with van der Waals surface area (Å²) in [5.74, 6) is 0.116. The van der Waals surface area contributed by atoms with Crippen LogP contribution in [0, 0.1) is 13.8 Å². The molecule has 0 aliphatic heterocycles. The number of anilines is 1. The van der Waals surface area contributed by atoms with Crippen molar-refractivity contribution in [2.75, 3.05) is 5.32 Å². The van der Waals surface area contributed by atoms with Gasteiger partial charge in [-0.15, -0.1) is 0 Å². The molecule has 1 aliphatic carbocycles. The summed E-state index contributed by atoms with van der Waals surface area (Å²) in [4.78, 5) is 43.5. The zero-order chi connectivity index (χ0) is 18.7. The average molecular weight is 354 g/mol. The van der Waals surface area contributed by atoms with Crippen LogP contribution in [0.4, 0.5) is 5.69 Å². The Balaban J connectivity index is 1.65. The number of hydrogen-bond donors (Lipinski definition) is 3. The number of para-hydroxylation sites is 1. The maximum absolute atomic E-state index is 12.3. The van der Waals surface area contributed by atoms with E-state index in [0.29, 0.717) is 28.3 Å². The Labute approximate surface area is 151 Å². The SMILES string of the molecule is Cc1nc(C)c(CCC(=O)Nc2ccccc2C(=O)NC2CC2)c(=O)[nH]1. The fourth-order valence-corrected chi connectivity index (χ4v) is 2.78. The van der Waals surface area contributed by atoms with Gasteiger partial charge in [-0.1, -0.05) is 12.1 Å². The van der Waals surface area contributed by atoms with E-state index in [1.807, 2.05) is 0 Å². The topological polar surface area (TPSA) is 104 Å². The van der Waals surface area contributed by atoms with Crippen LogP contribution < -0.4 is 16.2 Å². The van der Waals surface area contributed by atoms with Gasteiger partial charge in [-0.05, 0) is 45.2 Å². The van der Waals surface area contributed by atoms with Crippen LogP contribution in [0.3, 0.4) is 0 Å². The Morgan fingerprint density at radius 1 is 1.23 bits per heavy atom. The number of amides is 2. The van der Waals surface area contributed by atoms with Crippen molar-refractivity contribution in [3.8, 4) is 0 Å². The monoisotopic (exact) mass is 354 g/mol. The number of benzene rings is 1. The molecule has 2 amide bonds. The first-order valence-corrected chi connectivity index (χ1v) is 8.70. The van der Waals surface area contributed by atoms with Gasteiger partial charge in [0.25, 0.3) is 11.5 Å². The summed E-state index contributed by atoms with van der Waals surface area (Å²) in [6.07, 6.45) is 2.42. The van der Waals surface area contributed by atoms with Crippen molar-refractivity contribution in [3.05, 3.63) is 57.3 Å². The Morgan fingerprint density at radius 3 is 2.65 bits per heavy atom. The van der Waals surface area contributed by atoms with Gasteiger partial charge in [0, 0.05) is 23.7 Å². The summed E-state index contributed by atoms with van der Waals surface area (Å²) in [7, 11) is 0. The van der Waals surface area contributed by atoms with Crippen molar-refractivity contribution in [2.24, 2.45) is 0 Å². The van der Waals surface area contributed by atoms with Crippen LogP contribution in [0.2, 0.25) is 0 Å². The molecule has 1 aromatic heterocycles. The maximum Gasteiger partial charge on any atom is 0.254 e. The molecular formula is C19H22N4O3. The molecule has 1 heterocycles. The Kier molecular flexibility index (Phi) is 5.16. The fraction of sp³-hybridized carbons (Fsp3) is 0.368. The van der Waals surface area contributed by atoms with Crippen molar-refractivity contribution in [3.63, 3.8) is 0 Å². The molecule has 7 heteroatoms. The summed E-state index contributed by atoms with van der Waals surface area (Å²) in [5.41, 5.74) is 1.84. The second-order valence-electron chi connectivity index (χ2n) is 6.56. The fourth-order valence-electron chi connectivity index (χ4n) is 2.78. The van der Waals surface area contributed by atoms with E-state index >= 15 is 0 Å². The number of carbonyl (C=O) groups excluding carboxylic acids is 2. The standard InChI is InChI=1S/C19H22N4O3/c1-11-14(18(25)21-12(2)20-11)9-10-17(24)23-16-6-4-3-5-15(16)19(26)22-13-7-8-13/h3-6,13H,7-10H2,1-2H3,(H,22,26)(H,23,24)(H,20,21,25). The normalized spacial score (nSPS) is 13.3. The van der Waals surface area contributed by atoms with Gasteiger partial charge in [0.2, 0.25) is 5.91 Å². The number of nitrogens with one attached hydrogen (secondary N) is 3. The Morgan fingerprint density at radius 2 is 1.96 bits per heavy atom. The number of rotatable bonds is 6. The van der Waals surface area contributed by atoms with Crippen molar-refractivity contribution < 1.29 is 9.59 Å².